The maximum atomic E-state index is 8.90. The van der Waals surface area contributed by atoms with E-state index >= 15 is 0 Å². The molecule has 0 bridgehead atoms. The predicted molar refractivity (Wildman–Crippen MR) is 35.2 cm³/mol. The average molecular weight is 141 g/mol. The second-order valence-electron chi connectivity index (χ2n) is 1.81. The quantitative estimate of drug-likeness (QED) is 0.266. The van der Waals surface area contributed by atoms with Crippen molar-refractivity contribution in [3.05, 3.63) is 18.2 Å². The largest absolute Gasteiger partial charge is 0.508 e. The smallest absolute Gasteiger partial charge is 0.141 e. The van der Waals surface area contributed by atoms with Crippen LogP contribution in [0.5, 0.6) is 11.5 Å². The minimum atomic E-state index is -0.111. The lowest BCUT2D eigenvalue weighted by atomic mass is 10.3. The number of nitrogens with one attached hydrogen (secondary N) is 1. The molecule has 0 heterocycles. The molecule has 10 heavy (non-hydrogen) atoms. The van der Waals surface area contributed by atoms with E-state index in [9.17, 15) is 0 Å². The number of phenolic OH excluding ortho intramolecular Hbond substituents is 2. The zero-order valence-electron chi connectivity index (χ0n) is 5.07. The summed E-state index contributed by atoms with van der Waals surface area (Å²) in [5.74, 6) is -0.130. The maximum absolute atomic E-state index is 8.90. The molecule has 0 aliphatic heterocycles. The van der Waals surface area contributed by atoms with Crippen LogP contribution in [0.15, 0.2) is 18.2 Å². The Morgan fingerprint density at radius 3 is 2.40 bits per heavy atom. The topological polar surface area (TPSA) is 72.7 Å². The number of phenols is 2. The summed E-state index contributed by atoms with van der Waals surface area (Å²) < 4.78 is 0. The van der Waals surface area contributed by atoms with Crippen molar-refractivity contribution in [2.45, 2.75) is 0 Å². The Morgan fingerprint density at radius 2 is 1.90 bits per heavy atom. The molecular formula is C6H7NO3. The van der Waals surface area contributed by atoms with Crippen molar-refractivity contribution < 1.29 is 15.4 Å². The van der Waals surface area contributed by atoms with Gasteiger partial charge < -0.3 is 10.2 Å². The van der Waals surface area contributed by atoms with Crippen LogP contribution < -0.4 is 5.48 Å². The minimum Gasteiger partial charge on any atom is -0.508 e. The molecule has 0 fully saturated rings. The molecule has 0 saturated heterocycles. The average Bonchev–Trinajstić information content (AvgIpc) is 1.94. The summed E-state index contributed by atoms with van der Waals surface area (Å²) in [7, 11) is 0. The van der Waals surface area contributed by atoms with Crippen LogP contribution in [0.3, 0.4) is 0 Å². The zero-order valence-corrected chi connectivity index (χ0v) is 5.07. The summed E-state index contributed by atoms with van der Waals surface area (Å²) in [5, 5.41) is 26.0. The Hall–Kier alpha value is -1.42. The molecule has 0 atom stereocenters. The van der Waals surface area contributed by atoms with Gasteiger partial charge in [-0.25, -0.2) is 0 Å². The fourth-order valence-electron chi connectivity index (χ4n) is 0.614. The highest BCUT2D eigenvalue weighted by atomic mass is 16.5. The Labute approximate surface area is 57.3 Å². The Balaban J connectivity index is 3.09. The fourth-order valence-corrected chi connectivity index (χ4v) is 0.614. The van der Waals surface area contributed by atoms with Gasteiger partial charge in [-0.05, 0) is 12.1 Å². The van der Waals surface area contributed by atoms with Gasteiger partial charge in [-0.2, -0.15) is 0 Å². The first-order chi connectivity index (χ1) is 4.74. The second kappa shape index (κ2) is 2.45. The molecule has 0 unspecified atom stereocenters. The van der Waals surface area contributed by atoms with Gasteiger partial charge in [-0.1, -0.05) is 0 Å². The van der Waals surface area contributed by atoms with E-state index in [2.05, 4.69) is 0 Å². The summed E-state index contributed by atoms with van der Waals surface area (Å²) >= 11 is 0. The number of benzene rings is 1. The maximum Gasteiger partial charge on any atom is 0.141 e. The van der Waals surface area contributed by atoms with E-state index in [1.54, 1.807) is 5.48 Å². The van der Waals surface area contributed by atoms with Crippen molar-refractivity contribution in [2.24, 2.45) is 0 Å². The lowest BCUT2D eigenvalue weighted by Crippen LogP contribution is -1.88. The number of anilines is 1. The normalized spacial score (nSPS) is 9.30. The van der Waals surface area contributed by atoms with Crippen molar-refractivity contribution >= 4 is 5.69 Å². The molecule has 1 aromatic carbocycles. The minimum absolute atomic E-state index is 0.0191. The van der Waals surface area contributed by atoms with Gasteiger partial charge in [0.05, 0.1) is 0 Å². The molecule has 4 nitrogen and oxygen atoms in total. The molecule has 0 aromatic heterocycles. The first-order valence-electron chi connectivity index (χ1n) is 2.66. The van der Waals surface area contributed by atoms with Gasteiger partial charge in [0.1, 0.15) is 17.2 Å². The predicted octanol–water partition coefficient (Wildman–Crippen LogP) is 0.899. The van der Waals surface area contributed by atoms with Crippen molar-refractivity contribution in [3.63, 3.8) is 0 Å². The van der Waals surface area contributed by atoms with Crippen LogP contribution in [0.2, 0.25) is 0 Å². The van der Waals surface area contributed by atoms with Gasteiger partial charge in [0.25, 0.3) is 0 Å². The Morgan fingerprint density at radius 1 is 1.20 bits per heavy atom. The number of aromatic hydroxyl groups is 2. The molecule has 0 radical (unpaired) electrons. The molecule has 1 aromatic rings. The van der Waals surface area contributed by atoms with E-state index < -0.39 is 0 Å². The second-order valence-corrected chi connectivity index (χ2v) is 1.81. The van der Waals surface area contributed by atoms with Crippen LogP contribution in [0, 0.1) is 0 Å². The van der Waals surface area contributed by atoms with Crippen molar-refractivity contribution in [2.75, 3.05) is 5.48 Å². The molecule has 1 rings (SSSR count). The first-order valence-corrected chi connectivity index (χ1v) is 2.66. The zero-order chi connectivity index (χ0) is 7.56. The summed E-state index contributed by atoms with van der Waals surface area (Å²) in [4.78, 5) is 0. The lowest BCUT2D eigenvalue weighted by molar-refractivity contribution is 0.379. The van der Waals surface area contributed by atoms with Crippen LogP contribution in [0.1, 0.15) is 0 Å². The van der Waals surface area contributed by atoms with E-state index in [4.69, 9.17) is 15.4 Å². The Kier molecular flexibility index (Phi) is 1.64. The van der Waals surface area contributed by atoms with E-state index in [0.717, 1.165) is 0 Å². The summed E-state index contributed by atoms with van der Waals surface area (Å²) in [6, 6.07) is 3.79. The third-order valence-corrected chi connectivity index (χ3v) is 1.10. The van der Waals surface area contributed by atoms with Crippen LogP contribution in [-0.2, 0) is 0 Å². The molecule has 54 valence electrons. The van der Waals surface area contributed by atoms with Gasteiger partial charge in [-0.3, -0.25) is 10.7 Å². The number of hydrogen-bond acceptors (Lipinski definition) is 4. The Bertz CT molecular complexity index is 236. The lowest BCUT2D eigenvalue weighted by Gasteiger charge is -2.00. The van der Waals surface area contributed by atoms with Crippen LogP contribution in [-0.4, -0.2) is 15.4 Å². The monoisotopic (exact) mass is 141 g/mol. The van der Waals surface area contributed by atoms with Gasteiger partial charge in [-0.15, -0.1) is 0 Å². The van der Waals surface area contributed by atoms with Crippen molar-refractivity contribution in [1.82, 2.24) is 0 Å². The highest BCUT2D eigenvalue weighted by molar-refractivity contribution is 5.56. The fraction of sp³-hybridized carbons (Fsp3) is 0. The SMILES string of the molecule is ONc1cc(O)ccc1O. The van der Waals surface area contributed by atoms with Crippen molar-refractivity contribution in [1.29, 1.82) is 0 Å². The van der Waals surface area contributed by atoms with Gasteiger partial charge in [0, 0.05) is 6.07 Å². The first kappa shape index (κ1) is 6.70. The molecule has 4 N–H and O–H groups in total. The number of hydrogen-bond donors (Lipinski definition) is 4. The molecule has 0 spiro atoms. The van der Waals surface area contributed by atoms with Crippen molar-refractivity contribution in [3.8, 4) is 11.5 Å². The van der Waals surface area contributed by atoms with E-state index in [-0.39, 0.29) is 17.2 Å². The summed E-state index contributed by atoms with van der Waals surface area (Å²) in [5.41, 5.74) is 1.81. The molecule has 0 aliphatic rings. The van der Waals surface area contributed by atoms with Crippen LogP contribution >= 0.6 is 0 Å². The highest BCUT2D eigenvalue weighted by Crippen LogP contribution is 2.25. The van der Waals surface area contributed by atoms with Gasteiger partial charge >= 0.3 is 0 Å². The van der Waals surface area contributed by atoms with Gasteiger partial charge in [0.2, 0.25) is 0 Å². The highest BCUT2D eigenvalue weighted by Gasteiger charge is 1.98. The van der Waals surface area contributed by atoms with Gasteiger partial charge in [0.15, 0.2) is 0 Å². The number of rotatable bonds is 1. The molecule has 4 heteroatoms. The summed E-state index contributed by atoms with van der Waals surface area (Å²) in [6.07, 6.45) is 0. The summed E-state index contributed by atoms with van der Waals surface area (Å²) in [6.45, 7) is 0. The molecule has 0 amide bonds. The van der Waals surface area contributed by atoms with Crippen LogP contribution in [0.4, 0.5) is 5.69 Å². The third-order valence-electron chi connectivity index (χ3n) is 1.10. The molecule has 0 aliphatic carbocycles. The van der Waals surface area contributed by atoms with E-state index in [1.807, 2.05) is 0 Å². The molecule has 0 saturated carbocycles. The van der Waals surface area contributed by atoms with E-state index in [1.165, 1.54) is 18.2 Å². The molecular weight excluding hydrogens is 134 g/mol. The van der Waals surface area contributed by atoms with Crippen LogP contribution in [0.25, 0.3) is 0 Å². The standard InChI is InChI=1S/C6H7NO3/c8-4-1-2-6(9)5(3-4)7-10/h1-3,7-10H. The van der Waals surface area contributed by atoms with E-state index in [0.29, 0.717) is 0 Å². The third kappa shape index (κ3) is 1.11.